The maximum Gasteiger partial charge on any atom is 0.155 e. The van der Waals surface area contributed by atoms with Crippen molar-refractivity contribution in [1.82, 2.24) is 0 Å². The molecule has 6 N–H and O–H groups in total. The van der Waals surface area contributed by atoms with Crippen molar-refractivity contribution in [2.24, 2.45) is 0 Å². The first kappa shape index (κ1) is 22.7. The first-order chi connectivity index (χ1) is 17.6. The summed E-state index contributed by atoms with van der Waals surface area (Å²) in [5.74, 6) is 1.39. The Bertz CT molecular complexity index is 1310. The van der Waals surface area contributed by atoms with E-state index in [9.17, 15) is 0 Å². The lowest BCUT2D eigenvalue weighted by atomic mass is 9.99. The minimum atomic E-state index is 0.694. The minimum Gasteiger partial charge on any atom is -0.399 e. The number of anilines is 4. The molecule has 0 aliphatic heterocycles. The van der Waals surface area contributed by atoms with E-state index in [1.54, 1.807) is 24.3 Å². The Labute approximate surface area is 210 Å². The smallest absolute Gasteiger partial charge is 0.155 e. The van der Waals surface area contributed by atoms with Crippen LogP contribution in [0.3, 0.4) is 0 Å². The third-order valence-electron chi connectivity index (χ3n) is 5.63. The summed E-state index contributed by atoms with van der Waals surface area (Å²) in [6.45, 7) is 0. The summed E-state index contributed by atoms with van der Waals surface area (Å²) in [5.41, 5.74) is 25.0. The molecule has 5 aromatic carbocycles. The normalized spacial score (nSPS) is 10.4. The molecule has 0 radical (unpaired) electrons. The lowest BCUT2D eigenvalue weighted by Crippen LogP contribution is -2.04. The maximum atomic E-state index is 5.71. The van der Waals surface area contributed by atoms with Crippen molar-refractivity contribution in [2.75, 3.05) is 22.4 Å². The van der Waals surface area contributed by atoms with Crippen LogP contribution in [-0.4, -0.2) is 0 Å². The molecule has 0 aromatic heterocycles. The molecule has 0 spiro atoms. The fourth-order valence-corrected chi connectivity index (χ4v) is 3.65. The first-order valence-corrected chi connectivity index (χ1v) is 11.5. The largest absolute Gasteiger partial charge is 0.399 e. The summed E-state index contributed by atoms with van der Waals surface area (Å²) >= 11 is 0. The molecule has 5 rings (SSSR count). The van der Waals surface area contributed by atoms with Gasteiger partial charge in [0.15, 0.2) is 11.5 Å². The lowest BCUT2D eigenvalue weighted by Gasteiger charge is -2.11. The van der Waals surface area contributed by atoms with Gasteiger partial charge in [-0.25, -0.2) is 11.0 Å². The van der Waals surface area contributed by atoms with Crippen LogP contribution in [0, 0.1) is 0 Å². The van der Waals surface area contributed by atoms with Crippen LogP contribution in [0.2, 0.25) is 0 Å². The molecule has 0 aliphatic rings. The van der Waals surface area contributed by atoms with E-state index < -0.39 is 0 Å². The van der Waals surface area contributed by atoms with E-state index in [1.165, 1.54) is 0 Å². The number of benzene rings is 5. The molecule has 0 unspecified atom stereocenters. The standard InChI is InChI=1S/C30H26N4O2/c31-25-8-16-29(17-9-25)35-33-27-12-4-21(5-13-27)23-2-1-3-24(20-23)22-6-14-28(15-7-22)34-36-30-18-10-26(32)11-19-30/h1-20,33-34H,31-32H2. The second-order valence-corrected chi connectivity index (χ2v) is 8.28. The van der Waals surface area contributed by atoms with Gasteiger partial charge in [0.2, 0.25) is 0 Å². The molecular formula is C30H26N4O2. The lowest BCUT2D eigenvalue weighted by molar-refractivity contribution is 0.405. The van der Waals surface area contributed by atoms with Crippen molar-refractivity contribution < 1.29 is 9.68 Å². The van der Waals surface area contributed by atoms with E-state index in [0.717, 1.165) is 33.6 Å². The zero-order chi connectivity index (χ0) is 24.7. The molecule has 0 aliphatic carbocycles. The zero-order valence-electron chi connectivity index (χ0n) is 19.5. The quantitative estimate of drug-likeness (QED) is 0.143. The summed E-state index contributed by atoms with van der Waals surface area (Å²) in [5, 5.41) is 0. The fourth-order valence-electron chi connectivity index (χ4n) is 3.65. The SMILES string of the molecule is Nc1ccc(ONc2ccc(-c3cccc(-c4ccc(NOc5ccc(N)cc5)cc4)c3)cc2)cc1. The third kappa shape index (κ3) is 5.69. The highest BCUT2D eigenvalue weighted by molar-refractivity contribution is 5.74. The van der Waals surface area contributed by atoms with Gasteiger partial charge in [-0.15, -0.1) is 0 Å². The van der Waals surface area contributed by atoms with Crippen LogP contribution < -0.4 is 32.1 Å². The van der Waals surface area contributed by atoms with Crippen LogP contribution in [0.15, 0.2) is 121 Å². The van der Waals surface area contributed by atoms with Gasteiger partial charge >= 0.3 is 0 Å². The molecule has 0 heterocycles. The van der Waals surface area contributed by atoms with Gasteiger partial charge in [0, 0.05) is 11.4 Å². The van der Waals surface area contributed by atoms with Crippen molar-refractivity contribution in [3.63, 3.8) is 0 Å². The number of hydrogen-bond acceptors (Lipinski definition) is 6. The van der Waals surface area contributed by atoms with E-state index in [-0.39, 0.29) is 0 Å². The highest BCUT2D eigenvalue weighted by atomic mass is 16.6. The average molecular weight is 475 g/mol. The van der Waals surface area contributed by atoms with Crippen LogP contribution in [-0.2, 0) is 0 Å². The third-order valence-corrected chi connectivity index (χ3v) is 5.63. The average Bonchev–Trinajstić information content (AvgIpc) is 2.93. The molecule has 0 saturated heterocycles. The van der Waals surface area contributed by atoms with Gasteiger partial charge in [-0.1, -0.05) is 42.5 Å². The van der Waals surface area contributed by atoms with Gasteiger partial charge < -0.3 is 21.1 Å². The fraction of sp³-hybridized carbons (Fsp3) is 0. The number of hydrogen-bond donors (Lipinski definition) is 4. The summed E-state index contributed by atoms with van der Waals surface area (Å²) in [6, 6.07) is 39.1. The molecule has 0 atom stereocenters. The van der Waals surface area contributed by atoms with Gasteiger partial charge in [-0.2, -0.15) is 0 Å². The Hall–Kier alpha value is -5.10. The van der Waals surface area contributed by atoms with E-state index >= 15 is 0 Å². The van der Waals surface area contributed by atoms with Crippen LogP contribution >= 0.6 is 0 Å². The number of nitrogens with one attached hydrogen (secondary N) is 2. The second kappa shape index (κ2) is 10.4. The number of nitrogens with two attached hydrogens (primary N) is 2. The van der Waals surface area contributed by atoms with E-state index in [0.29, 0.717) is 22.9 Å². The Morgan fingerprint density at radius 2 is 0.806 bits per heavy atom. The van der Waals surface area contributed by atoms with E-state index in [2.05, 4.69) is 59.5 Å². The molecule has 36 heavy (non-hydrogen) atoms. The van der Waals surface area contributed by atoms with Crippen molar-refractivity contribution in [2.45, 2.75) is 0 Å². The van der Waals surface area contributed by atoms with Gasteiger partial charge in [0.1, 0.15) is 0 Å². The Kier molecular flexibility index (Phi) is 6.58. The van der Waals surface area contributed by atoms with Crippen molar-refractivity contribution in [1.29, 1.82) is 0 Å². The molecule has 6 heteroatoms. The van der Waals surface area contributed by atoms with E-state index in [1.807, 2.05) is 48.5 Å². The summed E-state index contributed by atoms with van der Waals surface area (Å²) in [4.78, 5) is 11.2. The predicted octanol–water partition coefficient (Wildman–Crippen LogP) is 7.00. The Balaban J connectivity index is 1.22. The summed E-state index contributed by atoms with van der Waals surface area (Å²) in [7, 11) is 0. The summed E-state index contributed by atoms with van der Waals surface area (Å²) in [6.07, 6.45) is 0. The monoisotopic (exact) mass is 474 g/mol. The Morgan fingerprint density at radius 3 is 1.19 bits per heavy atom. The molecule has 0 bridgehead atoms. The Morgan fingerprint density at radius 1 is 0.417 bits per heavy atom. The molecule has 0 fully saturated rings. The molecule has 178 valence electrons. The molecular weight excluding hydrogens is 448 g/mol. The maximum absolute atomic E-state index is 5.71. The molecule has 0 amide bonds. The van der Waals surface area contributed by atoms with Crippen LogP contribution in [0.1, 0.15) is 0 Å². The van der Waals surface area contributed by atoms with Gasteiger partial charge in [0.05, 0.1) is 11.4 Å². The van der Waals surface area contributed by atoms with E-state index in [4.69, 9.17) is 21.1 Å². The van der Waals surface area contributed by atoms with Gasteiger partial charge in [0.25, 0.3) is 0 Å². The van der Waals surface area contributed by atoms with Crippen molar-refractivity contribution >= 4 is 22.7 Å². The van der Waals surface area contributed by atoms with Gasteiger partial charge in [-0.3, -0.25) is 0 Å². The topological polar surface area (TPSA) is 94.6 Å². The zero-order valence-corrected chi connectivity index (χ0v) is 19.5. The molecule has 5 aromatic rings. The van der Waals surface area contributed by atoms with Gasteiger partial charge in [-0.05, 0) is 101 Å². The second-order valence-electron chi connectivity index (χ2n) is 8.28. The molecule has 6 nitrogen and oxygen atoms in total. The first-order valence-electron chi connectivity index (χ1n) is 11.5. The van der Waals surface area contributed by atoms with Crippen molar-refractivity contribution in [3.05, 3.63) is 121 Å². The summed E-state index contributed by atoms with van der Waals surface area (Å²) < 4.78 is 0. The highest BCUT2D eigenvalue weighted by Gasteiger charge is 2.04. The molecule has 0 saturated carbocycles. The van der Waals surface area contributed by atoms with Crippen LogP contribution in [0.25, 0.3) is 22.3 Å². The van der Waals surface area contributed by atoms with Crippen LogP contribution in [0.5, 0.6) is 11.5 Å². The highest BCUT2D eigenvalue weighted by Crippen LogP contribution is 2.28. The number of nitrogen functional groups attached to an aromatic ring is 2. The number of rotatable bonds is 8. The minimum absolute atomic E-state index is 0.694. The van der Waals surface area contributed by atoms with Crippen LogP contribution in [0.4, 0.5) is 22.7 Å². The predicted molar refractivity (Wildman–Crippen MR) is 148 cm³/mol. The van der Waals surface area contributed by atoms with Crippen molar-refractivity contribution in [3.8, 4) is 33.8 Å².